The van der Waals surface area contributed by atoms with E-state index in [1.807, 2.05) is 0 Å². The highest BCUT2D eigenvalue weighted by molar-refractivity contribution is 5.91. The fourth-order valence-electron chi connectivity index (χ4n) is 10.2. The summed E-state index contributed by atoms with van der Waals surface area (Å²) < 4.78 is 23.2. The lowest BCUT2D eigenvalue weighted by molar-refractivity contribution is -0.156. The van der Waals surface area contributed by atoms with Gasteiger partial charge in [0.05, 0.1) is 17.6 Å². The molecule has 1 N–H and O–H groups in total. The van der Waals surface area contributed by atoms with Crippen molar-refractivity contribution in [2.45, 2.75) is 104 Å². The van der Waals surface area contributed by atoms with Gasteiger partial charge in [-0.2, -0.15) is 0 Å². The smallest absolute Gasteiger partial charge is 0.334 e. The number of esters is 4. The quantitative estimate of drug-likeness (QED) is 0.156. The van der Waals surface area contributed by atoms with Gasteiger partial charge in [0.2, 0.25) is 0 Å². The highest BCUT2D eigenvalue weighted by Crippen LogP contribution is 2.75. The van der Waals surface area contributed by atoms with Crippen molar-refractivity contribution >= 4 is 23.9 Å². The molecule has 6 aliphatic rings. The standard InChI is InChI=1S/C34H44O9/c1-16(9-8-10-40-20(5)35)23-13-25-27(14-32(23,7)39)43-31(38)34(25)15-33-17(2)11-26-22(18(3)30(37)42-26)12-24(33)19(4)28(34)29(33)41-21(6)36/h13,16-17,22,25-29,39H,3,8-12,14-15H2,1-2,4-7H3/t16-,17-,22+,25-,26-,27+,28-,29-,32-,33-,34-/m1/s1. The van der Waals surface area contributed by atoms with Crippen molar-refractivity contribution in [3.63, 3.8) is 0 Å². The molecule has 2 bridgehead atoms. The minimum atomic E-state index is -1.16. The van der Waals surface area contributed by atoms with Crippen LogP contribution in [0.5, 0.6) is 0 Å². The van der Waals surface area contributed by atoms with Crippen molar-refractivity contribution in [2.75, 3.05) is 6.61 Å². The largest absolute Gasteiger partial charge is 0.466 e. The van der Waals surface area contributed by atoms with Gasteiger partial charge in [0, 0.05) is 49.0 Å². The molecule has 11 atom stereocenters. The molecule has 2 heterocycles. The van der Waals surface area contributed by atoms with Crippen LogP contribution in [-0.2, 0) is 38.1 Å². The highest BCUT2D eigenvalue weighted by Gasteiger charge is 2.78. The maximum atomic E-state index is 14.2. The van der Waals surface area contributed by atoms with Gasteiger partial charge in [-0.1, -0.05) is 37.6 Å². The first-order chi connectivity index (χ1) is 20.1. The molecular weight excluding hydrogens is 552 g/mol. The number of carbonyl (C=O) groups is 4. The summed E-state index contributed by atoms with van der Waals surface area (Å²) in [7, 11) is 0. The van der Waals surface area contributed by atoms with Crippen LogP contribution >= 0.6 is 0 Å². The predicted octanol–water partition coefficient (Wildman–Crippen LogP) is 4.37. The van der Waals surface area contributed by atoms with E-state index in [2.05, 4.69) is 33.4 Å². The minimum Gasteiger partial charge on any atom is -0.466 e. The van der Waals surface area contributed by atoms with Gasteiger partial charge >= 0.3 is 23.9 Å². The van der Waals surface area contributed by atoms with Crippen molar-refractivity contribution in [1.29, 1.82) is 0 Å². The maximum absolute atomic E-state index is 14.2. The van der Waals surface area contributed by atoms with Gasteiger partial charge < -0.3 is 24.1 Å². The second-order valence-corrected chi connectivity index (χ2v) is 14.3. The Morgan fingerprint density at radius 1 is 1.16 bits per heavy atom. The van der Waals surface area contributed by atoms with Gasteiger partial charge in [-0.05, 0) is 63.4 Å². The zero-order valence-electron chi connectivity index (χ0n) is 26.1. The molecule has 9 heteroatoms. The molecular formula is C34H44O9. The summed E-state index contributed by atoms with van der Waals surface area (Å²) in [5, 5.41) is 11.6. The third kappa shape index (κ3) is 4.20. The maximum Gasteiger partial charge on any atom is 0.334 e. The van der Waals surface area contributed by atoms with Crippen LogP contribution < -0.4 is 0 Å². The van der Waals surface area contributed by atoms with Crippen LogP contribution in [0.2, 0.25) is 0 Å². The summed E-state index contributed by atoms with van der Waals surface area (Å²) in [6.45, 7) is 15.2. The molecule has 0 aromatic carbocycles. The van der Waals surface area contributed by atoms with Crippen LogP contribution in [0.15, 0.2) is 34.9 Å². The molecule has 0 radical (unpaired) electrons. The molecule has 2 spiro atoms. The number of fused-ring (bicyclic) bond motifs is 5. The third-order valence-corrected chi connectivity index (χ3v) is 11.9. The molecule has 0 unspecified atom stereocenters. The van der Waals surface area contributed by atoms with Crippen molar-refractivity contribution < 1.29 is 43.2 Å². The van der Waals surface area contributed by atoms with Crippen LogP contribution in [0.4, 0.5) is 0 Å². The summed E-state index contributed by atoms with van der Waals surface area (Å²) in [4.78, 5) is 50.5. The first-order valence-corrected chi connectivity index (χ1v) is 15.7. The highest BCUT2D eigenvalue weighted by atomic mass is 16.6. The van der Waals surface area contributed by atoms with Gasteiger partial charge in [-0.25, -0.2) is 4.79 Å². The molecule has 234 valence electrons. The Morgan fingerprint density at radius 2 is 1.88 bits per heavy atom. The van der Waals surface area contributed by atoms with E-state index in [0.29, 0.717) is 44.3 Å². The number of carbonyl (C=O) groups excluding carboxylic acids is 4. The first kappa shape index (κ1) is 30.1. The summed E-state index contributed by atoms with van der Waals surface area (Å²) in [5.41, 5.74) is 0.848. The Labute approximate surface area is 253 Å². The molecule has 4 fully saturated rings. The van der Waals surface area contributed by atoms with Crippen molar-refractivity contribution in [2.24, 2.45) is 40.4 Å². The van der Waals surface area contributed by atoms with E-state index in [-0.39, 0.29) is 66.0 Å². The van der Waals surface area contributed by atoms with E-state index in [1.54, 1.807) is 6.92 Å². The second kappa shape index (κ2) is 10.0. The number of ether oxygens (including phenoxy) is 4. The molecule has 0 aromatic rings. The molecule has 4 aliphatic carbocycles. The van der Waals surface area contributed by atoms with Crippen LogP contribution in [-0.4, -0.2) is 59.5 Å². The average Bonchev–Trinajstić information content (AvgIpc) is 3.48. The summed E-state index contributed by atoms with van der Waals surface area (Å²) in [6.07, 6.45) is 4.07. The molecule has 2 aliphatic heterocycles. The summed E-state index contributed by atoms with van der Waals surface area (Å²) in [5.74, 6) is -2.20. The summed E-state index contributed by atoms with van der Waals surface area (Å²) >= 11 is 0. The van der Waals surface area contributed by atoms with Gasteiger partial charge in [0.1, 0.15) is 18.3 Å². The Kier molecular flexibility index (Phi) is 7.03. The van der Waals surface area contributed by atoms with Crippen molar-refractivity contribution in [3.8, 4) is 0 Å². The van der Waals surface area contributed by atoms with Gasteiger partial charge in [-0.3, -0.25) is 14.4 Å². The topological polar surface area (TPSA) is 125 Å². The molecule has 2 saturated heterocycles. The molecule has 2 saturated carbocycles. The van der Waals surface area contributed by atoms with Crippen LogP contribution in [0.1, 0.15) is 80.1 Å². The summed E-state index contributed by atoms with van der Waals surface area (Å²) in [6, 6.07) is 0. The minimum absolute atomic E-state index is 0.00985. The van der Waals surface area contributed by atoms with E-state index in [0.717, 1.165) is 16.7 Å². The molecule has 9 nitrogen and oxygen atoms in total. The Bertz CT molecular complexity index is 1360. The van der Waals surface area contributed by atoms with E-state index >= 15 is 0 Å². The SMILES string of the molecule is C=C1C(=O)O[C@@H]2C[C@@H](C)[C@]34C[C@]5(C(=O)O[C@H]6C[C@@](C)(O)C([C@H](C)CCCOC(C)=O)=C[C@H]65)[C@H](C(C)=C3C[C@@H]12)[C@H]4OC(C)=O. The van der Waals surface area contributed by atoms with Gasteiger partial charge in [0.15, 0.2) is 0 Å². The number of aliphatic hydroxyl groups is 1. The Morgan fingerprint density at radius 3 is 2.56 bits per heavy atom. The molecule has 6 rings (SSSR count). The lowest BCUT2D eigenvalue weighted by atomic mass is 9.56. The lowest BCUT2D eigenvalue weighted by Gasteiger charge is -2.44. The number of rotatable bonds is 6. The molecule has 0 aromatic heterocycles. The third-order valence-electron chi connectivity index (χ3n) is 11.9. The average molecular weight is 597 g/mol. The van der Waals surface area contributed by atoms with Crippen LogP contribution in [0, 0.1) is 40.4 Å². The van der Waals surface area contributed by atoms with Crippen molar-refractivity contribution in [1.82, 2.24) is 0 Å². The fourth-order valence-corrected chi connectivity index (χ4v) is 10.2. The van der Waals surface area contributed by atoms with E-state index < -0.39 is 28.6 Å². The molecule has 0 amide bonds. The van der Waals surface area contributed by atoms with Crippen LogP contribution in [0.25, 0.3) is 0 Å². The van der Waals surface area contributed by atoms with Crippen molar-refractivity contribution in [3.05, 3.63) is 34.9 Å². The van der Waals surface area contributed by atoms with E-state index in [9.17, 15) is 24.3 Å². The van der Waals surface area contributed by atoms with Crippen LogP contribution in [0.3, 0.4) is 0 Å². The first-order valence-electron chi connectivity index (χ1n) is 15.7. The van der Waals surface area contributed by atoms with E-state index in [4.69, 9.17) is 18.9 Å². The zero-order valence-corrected chi connectivity index (χ0v) is 26.1. The van der Waals surface area contributed by atoms with Gasteiger partial charge in [-0.15, -0.1) is 0 Å². The van der Waals surface area contributed by atoms with E-state index in [1.165, 1.54) is 13.8 Å². The Balaban J connectivity index is 1.42. The normalized spacial score (nSPS) is 43.4. The number of hydrogen-bond donors (Lipinski definition) is 1. The van der Waals surface area contributed by atoms with Gasteiger partial charge in [0.25, 0.3) is 0 Å². The zero-order chi connectivity index (χ0) is 31.2. The number of hydrogen-bond acceptors (Lipinski definition) is 9. The Hall–Kier alpha value is -2.94. The second-order valence-electron chi connectivity index (χ2n) is 14.3. The fraction of sp³-hybridized carbons (Fsp3) is 0.706. The molecule has 43 heavy (non-hydrogen) atoms. The lowest BCUT2D eigenvalue weighted by Crippen LogP contribution is -2.47. The predicted molar refractivity (Wildman–Crippen MR) is 154 cm³/mol. The monoisotopic (exact) mass is 596 g/mol.